The first-order valence-electron chi connectivity index (χ1n) is 9.50. The minimum absolute atomic E-state index is 0.152. The van der Waals surface area contributed by atoms with Crippen LogP contribution in [0.2, 0.25) is 0 Å². The molecule has 0 saturated heterocycles. The van der Waals surface area contributed by atoms with E-state index in [-0.39, 0.29) is 5.78 Å². The normalized spacial score (nSPS) is 14.0. The van der Waals surface area contributed by atoms with Gasteiger partial charge in [-0.25, -0.2) is 4.98 Å². The predicted molar refractivity (Wildman–Crippen MR) is 118 cm³/mol. The van der Waals surface area contributed by atoms with Crippen molar-refractivity contribution in [3.8, 4) is 0 Å². The second kappa shape index (κ2) is 8.84. The molecule has 0 amide bonds. The summed E-state index contributed by atoms with van der Waals surface area (Å²) in [5.74, 6) is 0.812. The molecular weight excluding hydrogens is 388 g/mol. The van der Waals surface area contributed by atoms with Crippen molar-refractivity contribution in [2.24, 2.45) is 0 Å². The Hall–Kier alpha value is -2.25. The van der Waals surface area contributed by atoms with Gasteiger partial charge in [0.2, 0.25) is 0 Å². The van der Waals surface area contributed by atoms with Crippen molar-refractivity contribution >= 4 is 45.1 Å². The molecule has 3 aromatic rings. The molecule has 0 aliphatic heterocycles. The number of fused-ring (bicyclic) bond motifs is 1. The number of thioether (sulfide) groups is 1. The van der Waals surface area contributed by atoms with Crippen LogP contribution in [0.15, 0.2) is 49.1 Å². The largest absolute Gasteiger partial charge is 0.367 e. The average molecular weight is 411 g/mol. The highest BCUT2D eigenvalue weighted by atomic mass is 32.2. The molecule has 1 aliphatic rings. The van der Waals surface area contributed by atoms with Gasteiger partial charge in [-0.1, -0.05) is 30.0 Å². The Morgan fingerprint density at radius 1 is 1.29 bits per heavy atom. The van der Waals surface area contributed by atoms with Crippen LogP contribution in [0.5, 0.6) is 0 Å². The second-order valence-corrected chi connectivity index (χ2v) is 8.71. The lowest BCUT2D eigenvalue weighted by atomic mass is 9.93. The first-order valence-corrected chi connectivity index (χ1v) is 10.9. The van der Waals surface area contributed by atoms with E-state index in [1.165, 1.54) is 31.0 Å². The zero-order chi connectivity index (χ0) is 19.3. The number of hydrogen-bond donors (Lipinski definition) is 1. The molecule has 0 radical (unpaired) electrons. The molecular formula is C21H22N4OS2. The molecule has 1 N–H and O–H groups in total. The van der Waals surface area contributed by atoms with Crippen molar-refractivity contribution in [1.29, 1.82) is 0 Å². The number of Topliss-reactive ketones (excluding diaryl/α,β-unsaturated/α-hetero) is 1. The van der Waals surface area contributed by atoms with E-state index in [1.54, 1.807) is 12.4 Å². The maximum absolute atomic E-state index is 12.8. The summed E-state index contributed by atoms with van der Waals surface area (Å²) in [5, 5.41) is 4.17. The molecule has 0 aromatic carbocycles. The van der Waals surface area contributed by atoms with E-state index in [4.69, 9.17) is 12.2 Å². The Kier molecular flexibility index (Phi) is 6.02. The van der Waals surface area contributed by atoms with E-state index in [9.17, 15) is 4.79 Å². The smallest absolute Gasteiger partial charge is 0.165 e. The molecule has 3 aromatic heterocycles. The van der Waals surface area contributed by atoms with Gasteiger partial charge in [-0.05, 0) is 43.0 Å². The van der Waals surface area contributed by atoms with Crippen LogP contribution in [-0.2, 0) is 6.54 Å². The fourth-order valence-corrected chi connectivity index (χ4v) is 4.32. The summed E-state index contributed by atoms with van der Waals surface area (Å²) in [5.41, 5.74) is 2.79. The van der Waals surface area contributed by atoms with Crippen LogP contribution in [-0.4, -0.2) is 30.4 Å². The fraction of sp³-hybridized carbons (Fsp3) is 0.333. The number of nitrogens with zero attached hydrogens (tertiary/aromatic N) is 3. The van der Waals surface area contributed by atoms with E-state index < -0.39 is 0 Å². The Bertz CT molecular complexity index is 982. The van der Waals surface area contributed by atoms with Crippen LogP contribution >= 0.6 is 24.0 Å². The van der Waals surface area contributed by atoms with Crippen molar-refractivity contribution in [2.45, 2.75) is 38.3 Å². The lowest BCUT2D eigenvalue weighted by Crippen LogP contribution is -2.18. The lowest BCUT2D eigenvalue weighted by molar-refractivity contribution is 0.0990. The zero-order valence-electron chi connectivity index (χ0n) is 15.5. The molecule has 5 nitrogen and oxygen atoms in total. The fourth-order valence-electron chi connectivity index (χ4n) is 3.35. The molecule has 7 heteroatoms. The molecule has 0 bridgehead atoms. The highest BCUT2D eigenvalue weighted by Crippen LogP contribution is 2.35. The van der Waals surface area contributed by atoms with Crippen LogP contribution in [0.1, 0.15) is 47.6 Å². The number of ketones is 1. The number of carbonyl (C=O) groups excluding carboxylic acids is 1. The molecule has 4 rings (SSSR count). The highest BCUT2D eigenvalue weighted by molar-refractivity contribution is 8.22. The second-order valence-electron chi connectivity index (χ2n) is 6.93. The van der Waals surface area contributed by atoms with Crippen molar-refractivity contribution < 1.29 is 4.79 Å². The minimum Gasteiger partial charge on any atom is -0.367 e. The molecule has 0 spiro atoms. The van der Waals surface area contributed by atoms with Gasteiger partial charge in [-0.2, -0.15) is 0 Å². The number of aromatic nitrogens is 3. The van der Waals surface area contributed by atoms with Gasteiger partial charge >= 0.3 is 0 Å². The van der Waals surface area contributed by atoms with Crippen molar-refractivity contribution in [1.82, 2.24) is 19.9 Å². The monoisotopic (exact) mass is 410 g/mol. The van der Waals surface area contributed by atoms with Gasteiger partial charge in [-0.15, -0.1) is 0 Å². The first kappa shape index (κ1) is 19.1. The van der Waals surface area contributed by atoms with E-state index in [1.807, 2.05) is 36.7 Å². The minimum atomic E-state index is 0.152. The summed E-state index contributed by atoms with van der Waals surface area (Å²) in [6.45, 7) is 0.647. The predicted octanol–water partition coefficient (Wildman–Crippen LogP) is 4.54. The summed E-state index contributed by atoms with van der Waals surface area (Å²) in [6.07, 6.45) is 11.4. The third kappa shape index (κ3) is 4.25. The summed E-state index contributed by atoms with van der Waals surface area (Å²) in [4.78, 5) is 21.4. The molecule has 1 fully saturated rings. The van der Waals surface area contributed by atoms with Crippen molar-refractivity contribution in [3.05, 3.63) is 60.2 Å². The molecule has 144 valence electrons. The molecule has 3 heterocycles. The Morgan fingerprint density at radius 3 is 2.89 bits per heavy atom. The van der Waals surface area contributed by atoms with Crippen LogP contribution in [0.25, 0.3) is 11.0 Å². The molecule has 0 unspecified atom stereocenters. The van der Waals surface area contributed by atoms with Gasteiger partial charge in [0.1, 0.15) is 9.97 Å². The molecule has 0 atom stereocenters. The van der Waals surface area contributed by atoms with Gasteiger partial charge in [0.15, 0.2) is 5.78 Å². The van der Waals surface area contributed by atoms with Gasteiger partial charge in [-0.3, -0.25) is 9.78 Å². The number of rotatable bonds is 7. The SMILES string of the molecule is O=C(CCSC(=S)NCc1cccnc1)c1cn(C2CCC2)c2ncccc12. The summed E-state index contributed by atoms with van der Waals surface area (Å²) < 4.78 is 2.90. The number of nitrogens with one attached hydrogen (secondary N) is 1. The third-order valence-electron chi connectivity index (χ3n) is 5.08. The number of pyridine rings is 2. The third-order valence-corrected chi connectivity index (χ3v) is 6.39. The van der Waals surface area contributed by atoms with Gasteiger partial charge in [0.25, 0.3) is 0 Å². The van der Waals surface area contributed by atoms with E-state index >= 15 is 0 Å². The average Bonchev–Trinajstić information content (AvgIpc) is 3.05. The molecule has 28 heavy (non-hydrogen) atoms. The van der Waals surface area contributed by atoms with E-state index in [0.717, 1.165) is 22.2 Å². The van der Waals surface area contributed by atoms with E-state index in [2.05, 4.69) is 19.9 Å². The topological polar surface area (TPSA) is 59.8 Å². The van der Waals surface area contributed by atoms with Gasteiger partial charge in [0, 0.05) is 60.5 Å². The van der Waals surface area contributed by atoms with Gasteiger partial charge in [0.05, 0.1) is 0 Å². The quantitative estimate of drug-likeness (QED) is 0.456. The summed E-state index contributed by atoms with van der Waals surface area (Å²) >= 11 is 6.88. The van der Waals surface area contributed by atoms with E-state index in [0.29, 0.717) is 29.1 Å². The number of thiocarbonyl (C=S) groups is 1. The van der Waals surface area contributed by atoms with Crippen LogP contribution in [0.3, 0.4) is 0 Å². The Balaban J connectivity index is 1.33. The number of carbonyl (C=O) groups is 1. The molecule has 1 aliphatic carbocycles. The Morgan fingerprint density at radius 2 is 2.14 bits per heavy atom. The maximum atomic E-state index is 12.8. The lowest BCUT2D eigenvalue weighted by Gasteiger charge is -2.27. The van der Waals surface area contributed by atoms with Crippen molar-refractivity contribution in [3.63, 3.8) is 0 Å². The van der Waals surface area contributed by atoms with Crippen molar-refractivity contribution in [2.75, 3.05) is 5.75 Å². The van der Waals surface area contributed by atoms with Crippen LogP contribution in [0.4, 0.5) is 0 Å². The first-order chi connectivity index (χ1) is 13.7. The van der Waals surface area contributed by atoms with Crippen LogP contribution < -0.4 is 5.32 Å². The summed E-state index contributed by atoms with van der Waals surface area (Å²) in [6, 6.07) is 8.29. The maximum Gasteiger partial charge on any atom is 0.165 e. The van der Waals surface area contributed by atoms with Gasteiger partial charge < -0.3 is 9.88 Å². The standard InChI is InChI=1S/C21H22N4OS2/c26-19(8-11-28-21(27)24-13-15-4-2-9-22-12-15)18-14-25(16-5-1-6-16)20-17(18)7-3-10-23-20/h2-4,7,9-10,12,14,16H,1,5-6,8,11,13H2,(H,24,27). The van der Waals surface area contributed by atoms with Crippen LogP contribution in [0, 0.1) is 0 Å². The number of hydrogen-bond acceptors (Lipinski definition) is 5. The Labute approximate surface area is 174 Å². The summed E-state index contributed by atoms with van der Waals surface area (Å²) in [7, 11) is 0. The highest BCUT2D eigenvalue weighted by Gasteiger charge is 2.24. The molecule has 1 saturated carbocycles. The zero-order valence-corrected chi connectivity index (χ0v) is 17.1.